The van der Waals surface area contributed by atoms with Crippen LogP contribution < -0.4 is 4.90 Å². The molecule has 3 fully saturated rings. The number of carbonyl (C=O) groups excluding carboxylic acids is 1. The first kappa shape index (κ1) is 20.5. The van der Waals surface area contributed by atoms with Crippen LogP contribution in [0.5, 0.6) is 0 Å². The lowest BCUT2D eigenvalue weighted by molar-refractivity contribution is 0.0724. The van der Waals surface area contributed by atoms with Crippen LogP contribution in [0, 0.1) is 0 Å². The summed E-state index contributed by atoms with van der Waals surface area (Å²) < 4.78 is 0. The fourth-order valence-corrected chi connectivity index (χ4v) is 5.41. The van der Waals surface area contributed by atoms with E-state index >= 15 is 0 Å². The van der Waals surface area contributed by atoms with Gasteiger partial charge in [-0.05, 0) is 61.9 Å². The standard InChI is InChI=1S/C26H34N4O/c31-26(30-14-4-1-5-15-30)22-10-8-21(9-11-22)23-12-13-25(27-20-23)29-18-16-28(17-19-29)24-6-2-3-7-24/h8-13,20,24H,1-7,14-19H2. The normalized spacial score (nSPS) is 20.9. The summed E-state index contributed by atoms with van der Waals surface area (Å²) in [4.78, 5) is 24.5. The summed E-state index contributed by atoms with van der Waals surface area (Å²) in [5.41, 5.74) is 3.00. The number of likely N-dealkylation sites (tertiary alicyclic amines) is 1. The Kier molecular flexibility index (Phi) is 6.21. The second-order valence-electron chi connectivity index (χ2n) is 9.30. The minimum atomic E-state index is 0.163. The van der Waals surface area contributed by atoms with Crippen molar-refractivity contribution in [2.45, 2.75) is 51.0 Å². The van der Waals surface area contributed by atoms with Crippen LogP contribution in [0.2, 0.25) is 0 Å². The summed E-state index contributed by atoms with van der Waals surface area (Å²) in [6.07, 6.45) is 11.0. The van der Waals surface area contributed by atoms with Crippen molar-refractivity contribution in [2.75, 3.05) is 44.2 Å². The number of hydrogen-bond donors (Lipinski definition) is 0. The molecule has 5 heteroatoms. The second-order valence-corrected chi connectivity index (χ2v) is 9.30. The monoisotopic (exact) mass is 418 g/mol. The van der Waals surface area contributed by atoms with Crippen LogP contribution in [0.1, 0.15) is 55.3 Å². The summed E-state index contributed by atoms with van der Waals surface area (Å²) in [6.45, 7) is 6.22. The van der Waals surface area contributed by atoms with Crippen LogP contribution in [0.15, 0.2) is 42.6 Å². The number of nitrogens with zero attached hydrogens (tertiary/aromatic N) is 4. The third-order valence-corrected chi connectivity index (χ3v) is 7.34. The van der Waals surface area contributed by atoms with Gasteiger partial charge < -0.3 is 9.80 Å². The van der Waals surface area contributed by atoms with Crippen LogP contribution in [0.4, 0.5) is 5.82 Å². The average molecular weight is 419 g/mol. The molecule has 5 nitrogen and oxygen atoms in total. The van der Waals surface area contributed by atoms with E-state index in [1.165, 1.54) is 32.1 Å². The molecule has 0 radical (unpaired) electrons. The first-order valence-corrected chi connectivity index (χ1v) is 12.1. The highest BCUT2D eigenvalue weighted by atomic mass is 16.2. The molecular formula is C26H34N4O. The third kappa shape index (κ3) is 4.62. The zero-order chi connectivity index (χ0) is 21.0. The summed E-state index contributed by atoms with van der Waals surface area (Å²) >= 11 is 0. The number of piperidine rings is 1. The Bertz CT molecular complexity index is 859. The van der Waals surface area contributed by atoms with Crippen molar-refractivity contribution in [3.8, 4) is 11.1 Å². The van der Waals surface area contributed by atoms with Crippen molar-refractivity contribution in [3.05, 3.63) is 48.2 Å². The Balaban J connectivity index is 1.19. The Morgan fingerprint density at radius 1 is 0.742 bits per heavy atom. The molecule has 0 bridgehead atoms. The molecule has 0 unspecified atom stereocenters. The lowest BCUT2D eigenvalue weighted by Gasteiger charge is -2.38. The quantitative estimate of drug-likeness (QED) is 0.736. The number of rotatable bonds is 4. The minimum Gasteiger partial charge on any atom is -0.354 e. The smallest absolute Gasteiger partial charge is 0.253 e. The summed E-state index contributed by atoms with van der Waals surface area (Å²) in [5.74, 6) is 1.24. The van der Waals surface area contributed by atoms with E-state index in [-0.39, 0.29) is 5.91 Å². The molecule has 3 aliphatic rings. The van der Waals surface area contributed by atoms with Crippen molar-refractivity contribution in [2.24, 2.45) is 0 Å². The first-order chi connectivity index (χ1) is 15.3. The SMILES string of the molecule is O=C(c1ccc(-c2ccc(N3CCN(C4CCCC4)CC3)nc2)cc1)N1CCCCC1. The van der Waals surface area contributed by atoms with Crippen LogP contribution >= 0.6 is 0 Å². The van der Waals surface area contributed by atoms with E-state index in [0.717, 1.165) is 80.7 Å². The number of aromatic nitrogens is 1. The van der Waals surface area contributed by atoms with E-state index in [0.29, 0.717) is 0 Å². The molecule has 31 heavy (non-hydrogen) atoms. The molecule has 3 heterocycles. The van der Waals surface area contributed by atoms with Crippen LogP contribution in [-0.2, 0) is 0 Å². The highest BCUT2D eigenvalue weighted by Crippen LogP contribution is 2.26. The van der Waals surface area contributed by atoms with E-state index < -0.39 is 0 Å². The van der Waals surface area contributed by atoms with E-state index in [2.05, 4.69) is 21.9 Å². The van der Waals surface area contributed by atoms with Gasteiger partial charge in [0.05, 0.1) is 0 Å². The Morgan fingerprint density at radius 3 is 2.06 bits per heavy atom. The molecule has 1 aliphatic carbocycles. The molecule has 0 spiro atoms. The molecule has 1 amide bonds. The number of hydrogen-bond acceptors (Lipinski definition) is 4. The lowest BCUT2D eigenvalue weighted by Crippen LogP contribution is -2.49. The molecule has 1 saturated carbocycles. The Labute approximate surface area is 186 Å². The zero-order valence-electron chi connectivity index (χ0n) is 18.5. The molecule has 0 N–H and O–H groups in total. The maximum Gasteiger partial charge on any atom is 0.253 e. The maximum atomic E-state index is 12.7. The number of benzene rings is 1. The van der Waals surface area contributed by atoms with Gasteiger partial charge >= 0.3 is 0 Å². The number of piperazine rings is 1. The highest BCUT2D eigenvalue weighted by Gasteiger charge is 2.26. The molecule has 2 saturated heterocycles. The average Bonchev–Trinajstić information content (AvgIpc) is 3.40. The molecule has 1 aromatic carbocycles. The predicted octanol–water partition coefficient (Wildman–Crippen LogP) is 4.44. The van der Waals surface area contributed by atoms with Gasteiger partial charge in [-0.3, -0.25) is 9.69 Å². The molecule has 1 aromatic heterocycles. The van der Waals surface area contributed by atoms with Gasteiger partial charge in [-0.2, -0.15) is 0 Å². The molecule has 2 aromatic rings. The van der Waals surface area contributed by atoms with Gasteiger partial charge in [-0.15, -0.1) is 0 Å². The molecular weight excluding hydrogens is 384 g/mol. The Hall–Kier alpha value is -2.40. The van der Waals surface area contributed by atoms with Gasteiger partial charge in [0.1, 0.15) is 5.82 Å². The van der Waals surface area contributed by atoms with E-state index in [4.69, 9.17) is 4.98 Å². The molecule has 5 rings (SSSR count). The topological polar surface area (TPSA) is 39.7 Å². The zero-order valence-corrected chi connectivity index (χ0v) is 18.5. The molecule has 2 aliphatic heterocycles. The highest BCUT2D eigenvalue weighted by molar-refractivity contribution is 5.94. The fourth-order valence-electron chi connectivity index (χ4n) is 5.41. The maximum absolute atomic E-state index is 12.7. The number of amides is 1. The number of carbonyl (C=O) groups is 1. The van der Waals surface area contributed by atoms with Gasteiger partial charge in [0, 0.05) is 62.6 Å². The van der Waals surface area contributed by atoms with Crippen LogP contribution in [0.25, 0.3) is 11.1 Å². The van der Waals surface area contributed by atoms with Crippen molar-refractivity contribution in [3.63, 3.8) is 0 Å². The third-order valence-electron chi connectivity index (χ3n) is 7.34. The van der Waals surface area contributed by atoms with Crippen molar-refractivity contribution >= 4 is 11.7 Å². The largest absolute Gasteiger partial charge is 0.354 e. The summed E-state index contributed by atoms with van der Waals surface area (Å²) in [5, 5.41) is 0. The number of pyridine rings is 1. The van der Waals surface area contributed by atoms with Gasteiger partial charge in [0.15, 0.2) is 0 Å². The summed E-state index contributed by atoms with van der Waals surface area (Å²) in [7, 11) is 0. The minimum absolute atomic E-state index is 0.163. The fraction of sp³-hybridized carbons (Fsp3) is 0.538. The first-order valence-electron chi connectivity index (χ1n) is 12.1. The van der Waals surface area contributed by atoms with Gasteiger partial charge in [0.25, 0.3) is 5.91 Å². The molecule has 0 atom stereocenters. The van der Waals surface area contributed by atoms with E-state index in [1.807, 2.05) is 35.4 Å². The van der Waals surface area contributed by atoms with E-state index in [1.54, 1.807) is 0 Å². The van der Waals surface area contributed by atoms with Crippen LogP contribution in [-0.4, -0.2) is 66.0 Å². The van der Waals surface area contributed by atoms with Gasteiger partial charge in [-0.1, -0.05) is 25.0 Å². The van der Waals surface area contributed by atoms with Crippen molar-refractivity contribution in [1.82, 2.24) is 14.8 Å². The van der Waals surface area contributed by atoms with Gasteiger partial charge in [0.2, 0.25) is 0 Å². The van der Waals surface area contributed by atoms with Crippen molar-refractivity contribution in [1.29, 1.82) is 0 Å². The second kappa shape index (κ2) is 9.39. The van der Waals surface area contributed by atoms with E-state index in [9.17, 15) is 4.79 Å². The van der Waals surface area contributed by atoms with Gasteiger partial charge in [-0.25, -0.2) is 4.98 Å². The summed E-state index contributed by atoms with van der Waals surface area (Å²) in [6, 6.07) is 13.1. The molecule has 164 valence electrons. The van der Waals surface area contributed by atoms with Crippen molar-refractivity contribution < 1.29 is 4.79 Å². The number of anilines is 1. The lowest BCUT2D eigenvalue weighted by atomic mass is 10.0. The predicted molar refractivity (Wildman–Crippen MR) is 125 cm³/mol. The Morgan fingerprint density at radius 2 is 1.42 bits per heavy atom. The van der Waals surface area contributed by atoms with Crippen LogP contribution in [0.3, 0.4) is 0 Å².